The molecule has 4 aromatic rings. The molecule has 28 heavy (non-hydrogen) atoms. The van der Waals surface area contributed by atoms with E-state index in [4.69, 9.17) is 0 Å². The normalized spacial score (nSPS) is 11.2. The van der Waals surface area contributed by atoms with Gasteiger partial charge in [-0.3, -0.25) is 0 Å². The lowest BCUT2D eigenvalue weighted by Crippen LogP contribution is -3.00. The second-order valence-electron chi connectivity index (χ2n) is 7.82. The molecule has 3 heteroatoms. The number of aromatic nitrogens is 2. The number of halogens is 1. The molecule has 0 fully saturated rings. The van der Waals surface area contributed by atoms with Crippen molar-refractivity contribution >= 4 is 5.52 Å². The van der Waals surface area contributed by atoms with E-state index in [0.29, 0.717) is 11.8 Å². The van der Waals surface area contributed by atoms with Crippen LogP contribution in [0, 0.1) is 0 Å². The molecule has 4 rings (SSSR count). The van der Waals surface area contributed by atoms with Crippen LogP contribution >= 0.6 is 0 Å². The maximum atomic E-state index is 2.31. The molecule has 0 aliphatic carbocycles. The van der Waals surface area contributed by atoms with E-state index in [1.54, 1.807) is 0 Å². The van der Waals surface area contributed by atoms with Crippen molar-refractivity contribution < 1.29 is 17.0 Å². The summed E-state index contributed by atoms with van der Waals surface area (Å²) in [6, 6.07) is 23.8. The van der Waals surface area contributed by atoms with Crippen molar-refractivity contribution in [2.75, 3.05) is 0 Å². The summed E-state index contributed by atoms with van der Waals surface area (Å²) in [7, 11) is 0. The zero-order valence-electron chi connectivity index (χ0n) is 16.9. The van der Waals surface area contributed by atoms with Gasteiger partial charge in [0.05, 0.1) is 0 Å². The highest BCUT2D eigenvalue weighted by atomic mass is 35.5. The molecule has 0 bridgehead atoms. The van der Waals surface area contributed by atoms with Crippen LogP contribution in [0.15, 0.2) is 79.3 Å². The van der Waals surface area contributed by atoms with Gasteiger partial charge in [-0.05, 0) is 24.0 Å². The van der Waals surface area contributed by atoms with Crippen molar-refractivity contribution in [2.45, 2.75) is 39.5 Å². The maximum Gasteiger partial charge on any atom is 0.254 e. The topological polar surface area (TPSA) is 8.29 Å². The van der Waals surface area contributed by atoms with Crippen LogP contribution in [0.5, 0.6) is 0 Å². The van der Waals surface area contributed by atoms with Crippen molar-refractivity contribution in [2.24, 2.45) is 0 Å². The summed E-state index contributed by atoms with van der Waals surface area (Å²) >= 11 is 0. The number of para-hydroxylation sites is 1. The van der Waals surface area contributed by atoms with E-state index in [-0.39, 0.29) is 12.4 Å². The number of imidazole rings is 1. The van der Waals surface area contributed by atoms with E-state index in [0.717, 1.165) is 0 Å². The van der Waals surface area contributed by atoms with Crippen molar-refractivity contribution in [3.05, 3.63) is 90.4 Å². The SMILES string of the molecule is CC(C)c1cccc(C(C)C)c1-[n+]1cc2cccc(-c3ccccc3)n2c1.[Cl-]. The number of pyridine rings is 1. The standard InChI is InChI=1S/C25H27N2.ClH/c1-18(2)22-13-9-14-23(19(3)4)25(22)26-16-21-12-8-15-24(27(21)17-26)20-10-6-5-7-11-20;/h5-19H,1-4H3;1H/q+1;/p-1. The van der Waals surface area contributed by atoms with Gasteiger partial charge in [0.2, 0.25) is 0 Å². The van der Waals surface area contributed by atoms with E-state index in [2.05, 4.69) is 116 Å². The Morgan fingerprint density at radius 2 is 1.32 bits per heavy atom. The third-order valence-corrected chi connectivity index (χ3v) is 5.24. The third kappa shape index (κ3) is 3.57. The summed E-state index contributed by atoms with van der Waals surface area (Å²) in [6.45, 7) is 9.09. The highest BCUT2D eigenvalue weighted by Crippen LogP contribution is 2.28. The number of rotatable bonds is 4. The van der Waals surface area contributed by atoms with Crippen LogP contribution in [0.4, 0.5) is 0 Å². The highest BCUT2D eigenvalue weighted by molar-refractivity contribution is 5.64. The van der Waals surface area contributed by atoms with E-state index in [1.807, 2.05) is 0 Å². The summed E-state index contributed by atoms with van der Waals surface area (Å²) in [5.41, 5.74) is 7.74. The molecule has 0 aliphatic rings. The number of hydrogen-bond donors (Lipinski definition) is 0. The van der Waals surface area contributed by atoms with Gasteiger partial charge in [0, 0.05) is 16.7 Å². The largest absolute Gasteiger partial charge is 1.00 e. The molecule has 2 aromatic heterocycles. The van der Waals surface area contributed by atoms with E-state index in [9.17, 15) is 0 Å². The van der Waals surface area contributed by atoms with Crippen LogP contribution in [-0.4, -0.2) is 4.40 Å². The van der Waals surface area contributed by atoms with Gasteiger partial charge in [0.1, 0.15) is 17.6 Å². The fraction of sp³-hybridized carbons (Fsp3) is 0.240. The second kappa shape index (κ2) is 8.20. The molecule has 0 amide bonds. The first-order valence-corrected chi connectivity index (χ1v) is 9.77. The molecule has 0 N–H and O–H groups in total. The van der Waals surface area contributed by atoms with Crippen molar-refractivity contribution in [3.63, 3.8) is 0 Å². The van der Waals surface area contributed by atoms with Gasteiger partial charge in [0.25, 0.3) is 6.33 Å². The monoisotopic (exact) mass is 390 g/mol. The quantitative estimate of drug-likeness (QED) is 0.473. The van der Waals surface area contributed by atoms with Gasteiger partial charge in [0.15, 0.2) is 5.52 Å². The number of hydrogen-bond acceptors (Lipinski definition) is 0. The van der Waals surface area contributed by atoms with Gasteiger partial charge < -0.3 is 12.4 Å². The Labute approximate surface area is 173 Å². The molecule has 0 saturated heterocycles. The number of benzene rings is 2. The van der Waals surface area contributed by atoms with E-state index >= 15 is 0 Å². The van der Waals surface area contributed by atoms with Crippen LogP contribution in [0.1, 0.15) is 50.7 Å². The molecule has 0 unspecified atom stereocenters. The lowest BCUT2D eigenvalue weighted by atomic mass is 9.92. The molecular formula is C25H27ClN2. The van der Waals surface area contributed by atoms with E-state index < -0.39 is 0 Å². The maximum absolute atomic E-state index is 2.31. The molecule has 2 heterocycles. The Kier molecular flexibility index (Phi) is 5.90. The first-order valence-electron chi connectivity index (χ1n) is 9.77. The fourth-order valence-corrected chi connectivity index (χ4v) is 3.85. The summed E-state index contributed by atoms with van der Waals surface area (Å²) < 4.78 is 4.60. The fourth-order valence-electron chi connectivity index (χ4n) is 3.85. The highest BCUT2D eigenvalue weighted by Gasteiger charge is 2.21. The van der Waals surface area contributed by atoms with Gasteiger partial charge >= 0.3 is 0 Å². The lowest BCUT2D eigenvalue weighted by Gasteiger charge is -2.16. The third-order valence-electron chi connectivity index (χ3n) is 5.24. The van der Waals surface area contributed by atoms with Gasteiger partial charge in [-0.2, -0.15) is 4.40 Å². The molecule has 144 valence electrons. The summed E-state index contributed by atoms with van der Waals surface area (Å²) in [5.74, 6) is 0.950. The van der Waals surface area contributed by atoms with Crippen LogP contribution in [-0.2, 0) is 0 Å². The molecule has 0 radical (unpaired) electrons. The molecule has 0 aliphatic heterocycles. The van der Waals surface area contributed by atoms with Crippen LogP contribution < -0.4 is 17.0 Å². The Morgan fingerprint density at radius 1 is 0.714 bits per heavy atom. The molecule has 2 nitrogen and oxygen atoms in total. The molecule has 0 atom stereocenters. The smallest absolute Gasteiger partial charge is 0.254 e. The Balaban J connectivity index is 0.00000225. The average molecular weight is 391 g/mol. The van der Waals surface area contributed by atoms with Crippen molar-refractivity contribution in [3.8, 4) is 16.9 Å². The second-order valence-corrected chi connectivity index (χ2v) is 7.82. The Morgan fingerprint density at radius 3 is 1.93 bits per heavy atom. The van der Waals surface area contributed by atoms with Crippen LogP contribution in [0.25, 0.3) is 22.5 Å². The van der Waals surface area contributed by atoms with Crippen LogP contribution in [0.3, 0.4) is 0 Å². The van der Waals surface area contributed by atoms with Crippen molar-refractivity contribution in [1.29, 1.82) is 0 Å². The van der Waals surface area contributed by atoms with E-state index in [1.165, 1.54) is 33.6 Å². The zero-order chi connectivity index (χ0) is 19.0. The van der Waals surface area contributed by atoms with Gasteiger partial charge in [-0.1, -0.05) is 82.3 Å². The van der Waals surface area contributed by atoms with Crippen LogP contribution in [0.2, 0.25) is 0 Å². The summed E-state index contributed by atoms with van der Waals surface area (Å²) in [6.07, 6.45) is 4.48. The lowest BCUT2D eigenvalue weighted by molar-refractivity contribution is -0.595. The van der Waals surface area contributed by atoms with Crippen molar-refractivity contribution in [1.82, 2.24) is 4.40 Å². The minimum atomic E-state index is 0. The minimum Gasteiger partial charge on any atom is -1.00 e. The average Bonchev–Trinajstić information content (AvgIpc) is 3.12. The molecule has 0 saturated carbocycles. The number of fused-ring (bicyclic) bond motifs is 1. The predicted molar refractivity (Wildman–Crippen MR) is 113 cm³/mol. The Bertz CT molecular complexity index is 1050. The van der Waals surface area contributed by atoms with Gasteiger partial charge in [-0.15, -0.1) is 0 Å². The summed E-state index contributed by atoms with van der Waals surface area (Å²) in [4.78, 5) is 0. The molecule has 0 spiro atoms. The first kappa shape index (κ1) is 20.2. The van der Waals surface area contributed by atoms with Gasteiger partial charge in [-0.25, -0.2) is 4.57 Å². The number of nitrogens with zero attached hydrogens (tertiary/aromatic N) is 2. The molecule has 2 aromatic carbocycles. The zero-order valence-corrected chi connectivity index (χ0v) is 17.7. The minimum absolute atomic E-state index is 0. The predicted octanol–water partition coefficient (Wildman–Crippen LogP) is 3.13. The first-order chi connectivity index (χ1) is 13.1. The Hall–Kier alpha value is -2.58. The molecular weight excluding hydrogens is 364 g/mol. The summed E-state index contributed by atoms with van der Waals surface area (Å²) in [5, 5.41) is 0.